The molecule has 2 nitrogen and oxygen atoms in total. The summed E-state index contributed by atoms with van der Waals surface area (Å²) in [7, 11) is -1.93. The van der Waals surface area contributed by atoms with Crippen LogP contribution in [0.4, 0.5) is 0 Å². The van der Waals surface area contributed by atoms with Crippen molar-refractivity contribution in [2.24, 2.45) is 23.2 Å². The van der Waals surface area contributed by atoms with Crippen molar-refractivity contribution in [1.82, 2.24) is 0 Å². The van der Waals surface area contributed by atoms with Gasteiger partial charge in [-0.15, -0.1) is 0 Å². The summed E-state index contributed by atoms with van der Waals surface area (Å²) in [6, 6.07) is 0. The van der Waals surface area contributed by atoms with E-state index in [0.29, 0.717) is 6.42 Å². The lowest BCUT2D eigenvalue weighted by Crippen LogP contribution is -2.50. The van der Waals surface area contributed by atoms with Crippen molar-refractivity contribution in [2.45, 2.75) is 97.3 Å². The molecular weight excluding hydrogens is 300 g/mol. The minimum atomic E-state index is -1.96. The zero-order chi connectivity index (χ0) is 20.0. The molecule has 0 aromatic heterocycles. The quantitative estimate of drug-likeness (QED) is 0.657. The van der Waals surface area contributed by atoms with Gasteiger partial charge in [0.15, 0.2) is 8.32 Å². The Kier molecular flexibility index (Phi) is 4.55. The summed E-state index contributed by atoms with van der Waals surface area (Å²) in [5, 5.41) is 9.55. The number of aliphatic hydroxyl groups excluding tert-OH is 1. The lowest BCUT2D eigenvalue weighted by molar-refractivity contribution is -0.0223. The number of hydrogen-bond donors (Lipinski definition) is 1. The summed E-state index contributed by atoms with van der Waals surface area (Å²) in [4.78, 5) is 0. The van der Waals surface area contributed by atoms with Gasteiger partial charge in [-0.05, 0) is 73.4 Å². The van der Waals surface area contributed by atoms with Gasteiger partial charge in [-0.1, -0.05) is 41.0 Å². The maximum absolute atomic E-state index is 9.41. The fourth-order valence-corrected chi connectivity index (χ4v) is 6.12. The van der Waals surface area contributed by atoms with Gasteiger partial charge in [0.1, 0.15) is 0 Å². The van der Waals surface area contributed by atoms with Gasteiger partial charge in [-0.25, -0.2) is 0 Å². The maximum atomic E-state index is 9.41. The minimum Gasteiger partial charge on any atom is -0.414 e. The fourth-order valence-electron chi connectivity index (χ4n) is 4.73. The molecule has 5 atom stereocenters. The first-order valence-electron chi connectivity index (χ1n) is 11.1. The van der Waals surface area contributed by atoms with Crippen LogP contribution in [0.15, 0.2) is 0 Å². The van der Waals surface area contributed by atoms with Crippen molar-refractivity contribution in [1.29, 1.82) is 0 Å². The lowest BCUT2D eigenvalue weighted by Gasteiger charge is -2.50. The Bertz CT molecular complexity index is 486. The monoisotopic (exact) mass is 343 g/mol. The number of aliphatic hydroxyl groups is 1. The maximum Gasteiger partial charge on any atom is 0.192 e. The van der Waals surface area contributed by atoms with Crippen molar-refractivity contribution in [3.05, 3.63) is 0 Å². The Labute approximate surface area is 149 Å². The molecule has 0 aromatic rings. The van der Waals surface area contributed by atoms with Crippen molar-refractivity contribution in [2.75, 3.05) is 6.61 Å². The number of rotatable bonds is 5. The fraction of sp³-hybridized carbons (Fsp3) is 1.00. The molecule has 0 heterocycles. The van der Waals surface area contributed by atoms with Gasteiger partial charge in [0.05, 0.1) is 0 Å². The standard InChI is InChI=1S/C20H40O2Si/c1-15(12-14-21)16-10-11-17-18(9-8-13-20(16,17)5)22-23(6,7)19(2,3)4/h15-18,21H,8-14H2,1-7H3/t15-,16-,17+,18-,20-/m1/s1/i5D3. The molecular formula is C20H40O2Si. The molecule has 0 saturated heterocycles. The average Bonchev–Trinajstić information content (AvgIpc) is 2.87. The van der Waals surface area contributed by atoms with Crippen LogP contribution in [0.2, 0.25) is 18.1 Å². The highest BCUT2D eigenvalue weighted by atomic mass is 28.4. The van der Waals surface area contributed by atoms with Crippen LogP contribution >= 0.6 is 0 Å². The molecule has 0 spiro atoms. The van der Waals surface area contributed by atoms with Crippen LogP contribution < -0.4 is 0 Å². The largest absolute Gasteiger partial charge is 0.414 e. The van der Waals surface area contributed by atoms with Gasteiger partial charge in [-0.2, -0.15) is 0 Å². The number of fused-ring (bicyclic) bond motifs is 1. The summed E-state index contributed by atoms with van der Waals surface area (Å²) in [5.74, 6) is 0.541. The van der Waals surface area contributed by atoms with Crippen molar-refractivity contribution in [3.63, 3.8) is 0 Å². The van der Waals surface area contributed by atoms with Crippen molar-refractivity contribution in [3.8, 4) is 0 Å². The SMILES string of the molecule is [2H]C([2H])([2H])[C@]12CCC[C@@H](O[Si](C)(C)C(C)(C)C)[C@@H]1CC[C@@H]2[C@H](C)CCO. The van der Waals surface area contributed by atoms with Gasteiger partial charge in [0.25, 0.3) is 0 Å². The van der Waals surface area contributed by atoms with Crippen LogP contribution in [-0.2, 0) is 4.43 Å². The zero-order valence-corrected chi connectivity index (χ0v) is 17.1. The van der Waals surface area contributed by atoms with E-state index < -0.39 is 20.6 Å². The second kappa shape index (κ2) is 6.80. The molecule has 0 bridgehead atoms. The normalized spacial score (nSPS) is 39.3. The molecule has 2 aliphatic carbocycles. The molecule has 0 aliphatic heterocycles. The van der Waals surface area contributed by atoms with E-state index in [-0.39, 0.29) is 35.5 Å². The second-order valence-corrected chi connectivity index (χ2v) is 14.4. The highest BCUT2D eigenvalue weighted by Crippen LogP contribution is 2.59. The summed E-state index contributed by atoms with van der Waals surface area (Å²) in [5.41, 5.74) is -0.632. The predicted octanol–water partition coefficient (Wildman–Crippen LogP) is 5.61. The Morgan fingerprint density at radius 3 is 2.57 bits per heavy atom. The first-order valence-corrected chi connectivity index (χ1v) is 12.5. The third-order valence-corrected chi connectivity index (χ3v) is 11.7. The Hall–Kier alpha value is 0.137. The van der Waals surface area contributed by atoms with Crippen LogP contribution in [0, 0.1) is 23.2 Å². The molecule has 2 saturated carbocycles. The van der Waals surface area contributed by atoms with Crippen LogP contribution in [0.5, 0.6) is 0 Å². The second-order valence-electron chi connectivity index (χ2n) is 9.63. The van der Waals surface area contributed by atoms with E-state index in [1.165, 1.54) is 0 Å². The average molecular weight is 344 g/mol. The lowest BCUT2D eigenvalue weighted by atomic mass is 9.61. The molecule has 2 rings (SSSR count). The molecule has 0 unspecified atom stereocenters. The third kappa shape index (κ3) is 3.72. The first kappa shape index (κ1) is 15.4. The smallest absolute Gasteiger partial charge is 0.192 e. The van der Waals surface area contributed by atoms with E-state index in [1.807, 2.05) is 0 Å². The van der Waals surface area contributed by atoms with Crippen LogP contribution in [0.25, 0.3) is 0 Å². The molecule has 2 fully saturated rings. The topological polar surface area (TPSA) is 29.5 Å². The van der Waals surface area contributed by atoms with E-state index in [2.05, 4.69) is 40.8 Å². The molecule has 3 heteroatoms. The van der Waals surface area contributed by atoms with Crippen LogP contribution in [0.3, 0.4) is 0 Å². The van der Waals surface area contributed by atoms with Gasteiger partial charge >= 0.3 is 0 Å². The molecule has 0 radical (unpaired) electrons. The highest BCUT2D eigenvalue weighted by Gasteiger charge is 2.54. The molecule has 23 heavy (non-hydrogen) atoms. The third-order valence-electron chi connectivity index (χ3n) is 7.16. The summed E-state index contributed by atoms with van der Waals surface area (Å²) < 4.78 is 32.2. The van der Waals surface area contributed by atoms with E-state index >= 15 is 0 Å². The molecule has 2 aliphatic rings. The van der Waals surface area contributed by atoms with Gasteiger partial charge in [0.2, 0.25) is 0 Å². The summed E-state index contributed by atoms with van der Waals surface area (Å²) in [6.07, 6.45) is 5.41. The van der Waals surface area contributed by atoms with Crippen molar-refractivity contribution < 1.29 is 13.6 Å². The Balaban J connectivity index is 2.36. The van der Waals surface area contributed by atoms with E-state index in [4.69, 9.17) is 8.54 Å². The molecule has 136 valence electrons. The van der Waals surface area contributed by atoms with E-state index in [1.54, 1.807) is 0 Å². The molecule has 1 N–H and O–H groups in total. The summed E-state index contributed by atoms with van der Waals surface area (Å²) in [6.45, 7) is 11.6. The first-order chi connectivity index (χ1) is 11.8. The molecule has 0 amide bonds. The number of hydrogen-bond acceptors (Lipinski definition) is 2. The Morgan fingerprint density at radius 1 is 1.30 bits per heavy atom. The Morgan fingerprint density at radius 2 is 2.00 bits per heavy atom. The van der Waals surface area contributed by atoms with E-state index in [9.17, 15) is 5.11 Å². The van der Waals surface area contributed by atoms with Gasteiger partial charge in [-0.3, -0.25) is 0 Å². The highest BCUT2D eigenvalue weighted by molar-refractivity contribution is 6.74. The summed E-state index contributed by atoms with van der Waals surface area (Å²) >= 11 is 0. The minimum absolute atomic E-state index is 0.0800. The van der Waals surface area contributed by atoms with Crippen LogP contribution in [0.1, 0.15) is 77.2 Å². The predicted molar refractivity (Wildman–Crippen MR) is 101 cm³/mol. The van der Waals surface area contributed by atoms with Crippen LogP contribution in [-0.4, -0.2) is 26.1 Å². The van der Waals surface area contributed by atoms with E-state index in [0.717, 1.165) is 32.1 Å². The zero-order valence-electron chi connectivity index (χ0n) is 19.1. The van der Waals surface area contributed by atoms with Gasteiger partial charge in [0, 0.05) is 16.8 Å². The van der Waals surface area contributed by atoms with Crippen molar-refractivity contribution >= 4 is 8.32 Å². The van der Waals surface area contributed by atoms with Gasteiger partial charge < -0.3 is 9.53 Å². The molecule has 0 aromatic carbocycles.